The molecule has 0 spiro atoms. The van der Waals surface area contributed by atoms with Gasteiger partial charge >= 0.3 is 11.9 Å². The third kappa shape index (κ3) is 6.35. The van der Waals surface area contributed by atoms with Crippen LogP contribution in [0.5, 0.6) is 0 Å². The number of nitrogens with one attached hydrogen (secondary N) is 2. The van der Waals surface area contributed by atoms with Gasteiger partial charge in [-0.25, -0.2) is 9.97 Å². The van der Waals surface area contributed by atoms with Gasteiger partial charge in [0.15, 0.2) is 0 Å². The largest absolute Gasteiger partial charge is 0.469 e. The van der Waals surface area contributed by atoms with E-state index in [1.165, 1.54) is 31.4 Å². The van der Waals surface area contributed by atoms with Crippen LogP contribution in [0, 0.1) is 25.2 Å². The van der Waals surface area contributed by atoms with Gasteiger partial charge in [-0.05, 0) is 122 Å². The van der Waals surface area contributed by atoms with E-state index >= 15 is 0 Å². The lowest BCUT2D eigenvalue weighted by Crippen LogP contribution is -2.02. The molecule has 2 N–H and O–H groups in total. The van der Waals surface area contributed by atoms with Crippen LogP contribution in [0.2, 0.25) is 0 Å². The molecule has 0 atom stereocenters. The lowest BCUT2D eigenvalue weighted by Gasteiger charge is -2.05. The number of hydrogen-bond donors (Lipinski definition) is 2. The first kappa shape index (κ1) is 34.1. The van der Waals surface area contributed by atoms with Gasteiger partial charge in [-0.15, -0.1) is 0 Å². The summed E-state index contributed by atoms with van der Waals surface area (Å²) >= 11 is 0. The summed E-state index contributed by atoms with van der Waals surface area (Å²) in [6.07, 6.45) is 6.21. The lowest BCUT2D eigenvalue weighted by atomic mass is 9.98. The minimum Gasteiger partial charge on any atom is -0.469 e. The van der Waals surface area contributed by atoms with Crippen molar-refractivity contribution < 1.29 is 19.1 Å². The van der Waals surface area contributed by atoms with E-state index in [1.54, 1.807) is 6.08 Å². The Hall–Kier alpha value is -5.23. The summed E-state index contributed by atoms with van der Waals surface area (Å²) in [7, 11) is 2.79. The van der Waals surface area contributed by atoms with E-state index in [4.69, 9.17) is 19.4 Å². The quantitative estimate of drug-likeness (QED) is 0.176. The highest BCUT2D eigenvalue weighted by atomic mass is 16.5. The molecule has 2 aliphatic rings. The van der Waals surface area contributed by atoms with Gasteiger partial charge in [-0.3, -0.25) is 9.59 Å². The number of carbonyl (C=O) groups is 2. The highest BCUT2D eigenvalue weighted by Gasteiger charge is 2.23. The summed E-state index contributed by atoms with van der Waals surface area (Å²) in [6.45, 7) is 12.6. The molecular weight excluding hydrogens is 602 g/mol. The molecule has 0 aromatic carbocycles. The zero-order valence-electron chi connectivity index (χ0n) is 29.1. The molecule has 5 heterocycles. The summed E-state index contributed by atoms with van der Waals surface area (Å²) in [6, 6.07) is 8.38. The Kier molecular flexibility index (Phi) is 10.1. The Labute approximate surface area is 281 Å². The van der Waals surface area contributed by atoms with E-state index in [1.807, 2.05) is 13.0 Å². The molecule has 3 aromatic heterocycles. The summed E-state index contributed by atoms with van der Waals surface area (Å²) in [5.41, 5.74) is 16.0. The highest BCUT2D eigenvalue weighted by Crippen LogP contribution is 2.39. The number of ether oxygens (including phenoxy) is 2. The van der Waals surface area contributed by atoms with Crippen LogP contribution in [0.25, 0.3) is 50.4 Å². The smallest absolute Gasteiger partial charge is 0.305 e. The molecule has 0 fully saturated rings. The van der Waals surface area contributed by atoms with Crippen molar-refractivity contribution >= 4 is 62.4 Å². The van der Waals surface area contributed by atoms with Gasteiger partial charge in [0.1, 0.15) is 0 Å². The van der Waals surface area contributed by atoms with E-state index in [0.29, 0.717) is 18.5 Å². The topological polar surface area (TPSA) is 134 Å². The molecule has 9 heteroatoms. The number of nitriles is 1. The molecule has 248 valence electrons. The predicted octanol–water partition coefficient (Wildman–Crippen LogP) is 8.36. The normalized spacial score (nSPS) is 13.0. The van der Waals surface area contributed by atoms with Crippen LogP contribution >= 0.6 is 0 Å². The van der Waals surface area contributed by atoms with E-state index < -0.39 is 0 Å². The van der Waals surface area contributed by atoms with Crippen LogP contribution in [-0.4, -0.2) is 46.1 Å². The van der Waals surface area contributed by atoms with E-state index in [-0.39, 0.29) is 24.8 Å². The van der Waals surface area contributed by atoms with Crippen molar-refractivity contribution in [3.63, 3.8) is 0 Å². The van der Waals surface area contributed by atoms with Gasteiger partial charge < -0.3 is 19.4 Å². The zero-order chi connectivity index (χ0) is 34.7. The molecule has 0 amide bonds. The number of fused-ring (bicyclic) bond motifs is 8. The Bertz CT molecular complexity index is 2120. The molecule has 3 aromatic rings. The number of aryl methyl sites for hydroxylation is 4. The first-order chi connectivity index (χ1) is 23.1. The van der Waals surface area contributed by atoms with E-state index in [9.17, 15) is 14.9 Å². The Morgan fingerprint density at radius 1 is 0.771 bits per heavy atom. The number of aromatic amines is 2. The number of rotatable bonds is 9. The van der Waals surface area contributed by atoms with Crippen LogP contribution in [0.15, 0.2) is 24.3 Å². The molecule has 9 nitrogen and oxygen atoms in total. The standard InChI is InChI=1S/C39H43N5O4/c1-9-25-21(3)30-19-33-26(10-2)23(5)38(43-33)29(12-11-17-40)39-24(6)28(14-16-37(46)48-8)35(44-39)20-34-27(13-15-36(45)47-7)22(4)31(42-34)18-32(25)41-30/h11-12,18-20,42-43H,9-10,13-16H2,1-8H3. The Morgan fingerprint density at radius 3 is 2.04 bits per heavy atom. The molecule has 8 bridgehead atoms. The van der Waals surface area contributed by atoms with E-state index in [0.717, 1.165) is 91.0 Å². The van der Waals surface area contributed by atoms with Gasteiger partial charge in [0, 0.05) is 41.0 Å². The number of hydrogen-bond acceptors (Lipinski definition) is 7. The SMILES string of the molecule is CCC1=C(C)c2cc3[nH]c(c(C)c3CC)c(C=CC#N)c3nc(cc4[nH]c(cc1n2)c(C)c4CCC(=O)OC)C(CCC(=O)OC)=C3C. The molecule has 48 heavy (non-hydrogen) atoms. The van der Waals surface area contributed by atoms with Gasteiger partial charge in [0.2, 0.25) is 0 Å². The van der Waals surface area contributed by atoms with Crippen LogP contribution < -0.4 is 0 Å². The van der Waals surface area contributed by atoms with Crippen LogP contribution in [-0.2, 0) is 31.9 Å². The fourth-order valence-electron chi connectivity index (χ4n) is 6.88. The lowest BCUT2D eigenvalue weighted by molar-refractivity contribution is -0.141. The van der Waals surface area contributed by atoms with Crippen LogP contribution in [0.3, 0.4) is 0 Å². The van der Waals surface area contributed by atoms with Gasteiger partial charge in [-0.2, -0.15) is 5.26 Å². The average Bonchev–Trinajstić information content (AvgIpc) is 3.75. The Balaban J connectivity index is 1.99. The molecule has 0 saturated carbocycles. The van der Waals surface area contributed by atoms with Crippen molar-refractivity contribution in [1.82, 2.24) is 19.9 Å². The number of H-pyrrole nitrogens is 2. The third-order valence-corrected chi connectivity index (χ3v) is 9.61. The van der Waals surface area contributed by atoms with E-state index in [2.05, 4.69) is 62.8 Å². The van der Waals surface area contributed by atoms with Gasteiger partial charge in [0.05, 0.1) is 48.6 Å². The second-order valence-corrected chi connectivity index (χ2v) is 12.2. The maximum absolute atomic E-state index is 12.3. The monoisotopic (exact) mass is 645 g/mol. The number of allylic oxidation sites excluding steroid dienone is 5. The summed E-state index contributed by atoms with van der Waals surface area (Å²) in [5, 5.41) is 9.61. The average molecular weight is 646 g/mol. The number of methoxy groups -OCH3 is 2. The molecule has 5 rings (SSSR count). The van der Waals surface area contributed by atoms with Gasteiger partial charge in [0.25, 0.3) is 0 Å². The molecule has 0 radical (unpaired) electrons. The fourth-order valence-corrected chi connectivity index (χ4v) is 6.88. The number of nitrogens with zero attached hydrogens (tertiary/aromatic N) is 3. The van der Waals surface area contributed by atoms with Crippen molar-refractivity contribution in [3.05, 3.63) is 74.9 Å². The number of esters is 2. The minimum absolute atomic E-state index is 0.190. The summed E-state index contributed by atoms with van der Waals surface area (Å²) in [5.74, 6) is -0.594. The number of carbonyl (C=O) groups excluding carboxylic acids is 2. The minimum atomic E-state index is -0.308. The van der Waals surface area contributed by atoms with Crippen molar-refractivity contribution in [3.8, 4) is 6.07 Å². The summed E-state index contributed by atoms with van der Waals surface area (Å²) in [4.78, 5) is 42.3. The van der Waals surface area contributed by atoms with Gasteiger partial charge in [-0.1, -0.05) is 13.8 Å². The van der Waals surface area contributed by atoms with Crippen molar-refractivity contribution in [1.29, 1.82) is 5.26 Å². The molecular formula is C39H43N5O4. The first-order valence-electron chi connectivity index (χ1n) is 16.4. The predicted molar refractivity (Wildman–Crippen MR) is 191 cm³/mol. The second kappa shape index (κ2) is 14.3. The number of aromatic nitrogens is 4. The van der Waals surface area contributed by atoms with Crippen molar-refractivity contribution in [2.75, 3.05) is 14.2 Å². The molecule has 0 unspecified atom stereocenters. The Morgan fingerprint density at radius 2 is 1.40 bits per heavy atom. The first-order valence-corrected chi connectivity index (χ1v) is 16.4. The molecule has 0 saturated heterocycles. The molecule has 0 aliphatic carbocycles. The molecule has 2 aliphatic heterocycles. The third-order valence-electron chi connectivity index (χ3n) is 9.61. The maximum Gasteiger partial charge on any atom is 0.305 e. The fraction of sp³-hybridized carbons (Fsp3) is 0.359. The van der Waals surface area contributed by atoms with Crippen LogP contribution in [0.1, 0.15) is 104 Å². The second-order valence-electron chi connectivity index (χ2n) is 12.2. The summed E-state index contributed by atoms with van der Waals surface area (Å²) < 4.78 is 9.96. The zero-order valence-corrected chi connectivity index (χ0v) is 29.1. The van der Waals surface area contributed by atoms with Crippen molar-refractivity contribution in [2.45, 2.75) is 80.1 Å². The highest BCUT2D eigenvalue weighted by molar-refractivity contribution is 5.98. The maximum atomic E-state index is 12.3. The van der Waals surface area contributed by atoms with Crippen molar-refractivity contribution in [2.24, 2.45) is 0 Å². The van der Waals surface area contributed by atoms with Crippen LogP contribution in [0.4, 0.5) is 0 Å².